The maximum Gasteiger partial charge on any atom is 0.264 e. The van der Waals surface area contributed by atoms with Crippen molar-refractivity contribution in [2.45, 2.75) is 11.8 Å². The summed E-state index contributed by atoms with van der Waals surface area (Å²) in [6.45, 7) is 1.60. The lowest BCUT2D eigenvalue weighted by molar-refractivity contribution is 0.471. The molecular formula is C13H10BrCl2NO3S. The molecule has 0 spiro atoms. The molecule has 2 rings (SSSR count). The lowest BCUT2D eigenvalue weighted by atomic mass is 10.2. The number of aromatic hydroxyl groups is 1. The molecule has 0 aliphatic carbocycles. The number of hydrogen-bond donors (Lipinski definition) is 2. The highest BCUT2D eigenvalue weighted by molar-refractivity contribution is 9.10. The topological polar surface area (TPSA) is 66.4 Å². The van der Waals surface area contributed by atoms with Crippen LogP contribution in [-0.2, 0) is 10.0 Å². The zero-order valence-electron chi connectivity index (χ0n) is 10.7. The van der Waals surface area contributed by atoms with Gasteiger partial charge < -0.3 is 5.11 Å². The summed E-state index contributed by atoms with van der Waals surface area (Å²) in [5, 5.41) is 9.62. The lowest BCUT2D eigenvalue weighted by Gasteiger charge is -2.13. The summed E-state index contributed by atoms with van der Waals surface area (Å²) < 4.78 is 27.8. The standard InChI is InChI=1S/C13H10BrCl2NO3S/c1-7-11(3-2-4-12(7)18)17-21(19,20)13-9(15)5-8(14)6-10(13)16/h2-6,17-18H,1H3. The quantitative estimate of drug-likeness (QED) is 0.778. The van der Waals surface area contributed by atoms with Gasteiger partial charge >= 0.3 is 0 Å². The van der Waals surface area contributed by atoms with Crippen molar-refractivity contribution in [1.82, 2.24) is 0 Å². The molecule has 0 aromatic heterocycles. The third kappa shape index (κ3) is 3.45. The second-order valence-corrected chi connectivity index (χ2v) is 7.60. The van der Waals surface area contributed by atoms with Gasteiger partial charge in [-0.2, -0.15) is 0 Å². The molecule has 0 heterocycles. The van der Waals surface area contributed by atoms with Crippen molar-refractivity contribution in [1.29, 1.82) is 0 Å². The molecule has 0 atom stereocenters. The molecule has 21 heavy (non-hydrogen) atoms. The minimum Gasteiger partial charge on any atom is -0.508 e. The summed E-state index contributed by atoms with van der Waals surface area (Å²) in [6, 6.07) is 7.42. The Balaban J connectivity index is 2.51. The molecule has 2 aromatic carbocycles. The van der Waals surface area contributed by atoms with Gasteiger partial charge in [-0.1, -0.05) is 45.2 Å². The minimum atomic E-state index is -3.98. The second-order valence-electron chi connectivity index (χ2n) is 4.25. The van der Waals surface area contributed by atoms with E-state index >= 15 is 0 Å². The van der Waals surface area contributed by atoms with Crippen LogP contribution < -0.4 is 4.72 Å². The highest BCUT2D eigenvalue weighted by Gasteiger charge is 2.23. The molecule has 112 valence electrons. The molecule has 0 radical (unpaired) electrons. The maximum atomic E-state index is 12.4. The number of nitrogens with one attached hydrogen (secondary N) is 1. The lowest BCUT2D eigenvalue weighted by Crippen LogP contribution is -2.15. The number of halogens is 3. The van der Waals surface area contributed by atoms with E-state index in [0.29, 0.717) is 10.0 Å². The van der Waals surface area contributed by atoms with E-state index < -0.39 is 10.0 Å². The molecule has 0 saturated carbocycles. The van der Waals surface area contributed by atoms with Crippen LogP contribution in [0, 0.1) is 6.92 Å². The van der Waals surface area contributed by atoms with Gasteiger partial charge in [-0.05, 0) is 31.2 Å². The fourth-order valence-electron chi connectivity index (χ4n) is 1.72. The first-order valence-electron chi connectivity index (χ1n) is 5.68. The van der Waals surface area contributed by atoms with E-state index in [2.05, 4.69) is 20.7 Å². The van der Waals surface area contributed by atoms with Gasteiger partial charge in [-0.3, -0.25) is 4.72 Å². The number of phenolic OH excluding ortho intramolecular Hbond substituents is 1. The maximum absolute atomic E-state index is 12.4. The van der Waals surface area contributed by atoms with E-state index in [9.17, 15) is 13.5 Å². The fourth-order valence-corrected chi connectivity index (χ4v) is 4.78. The van der Waals surface area contributed by atoms with Crippen molar-refractivity contribution < 1.29 is 13.5 Å². The fraction of sp³-hybridized carbons (Fsp3) is 0.0769. The van der Waals surface area contributed by atoms with E-state index in [0.717, 1.165) is 0 Å². The molecule has 0 bridgehead atoms. The number of phenols is 1. The number of anilines is 1. The Morgan fingerprint density at radius 2 is 1.76 bits per heavy atom. The molecule has 8 heteroatoms. The molecule has 0 aliphatic rings. The third-order valence-electron chi connectivity index (χ3n) is 2.78. The van der Waals surface area contributed by atoms with Crippen molar-refractivity contribution >= 4 is 54.8 Å². The van der Waals surface area contributed by atoms with Crippen LogP contribution in [-0.4, -0.2) is 13.5 Å². The zero-order valence-corrected chi connectivity index (χ0v) is 14.6. The molecule has 2 aromatic rings. The summed E-state index contributed by atoms with van der Waals surface area (Å²) in [5.41, 5.74) is 0.662. The van der Waals surface area contributed by atoms with E-state index in [4.69, 9.17) is 23.2 Å². The summed E-state index contributed by atoms with van der Waals surface area (Å²) >= 11 is 15.1. The van der Waals surface area contributed by atoms with Gasteiger partial charge in [0.05, 0.1) is 15.7 Å². The van der Waals surface area contributed by atoms with Gasteiger partial charge in [0.2, 0.25) is 0 Å². The molecule has 0 amide bonds. The molecular weight excluding hydrogens is 401 g/mol. The number of rotatable bonds is 3. The molecule has 0 aliphatic heterocycles. The van der Waals surface area contributed by atoms with Crippen LogP contribution in [0.5, 0.6) is 5.75 Å². The predicted molar refractivity (Wildman–Crippen MR) is 87.8 cm³/mol. The number of sulfonamides is 1. The van der Waals surface area contributed by atoms with Crippen molar-refractivity contribution in [2.75, 3.05) is 4.72 Å². The van der Waals surface area contributed by atoms with E-state index in [1.54, 1.807) is 6.92 Å². The summed E-state index contributed by atoms with van der Waals surface area (Å²) in [6.07, 6.45) is 0. The first-order valence-corrected chi connectivity index (χ1v) is 8.71. The summed E-state index contributed by atoms with van der Waals surface area (Å²) in [5.74, 6) is -0.0109. The van der Waals surface area contributed by atoms with Gasteiger partial charge in [0.25, 0.3) is 10.0 Å². The van der Waals surface area contributed by atoms with Crippen LogP contribution in [0.15, 0.2) is 39.7 Å². The van der Waals surface area contributed by atoms with Gasteiger partial charge in [-0.25, -0.2) is 8.42 Å². The molecule has 2 N–H and O–H groups in total. The van der Waals surface area contributed by atoms with E-state index in [1.807, 2.05) is 0 Å². The Morgan fingerprint density at radius 1 is 1.19 bits per heavy atom. The van der Waals surface area contributed by atoms with Crippen molar-refractivity contribution in [2.24, 2.45) is 0 Å². The van der Waals surface area contributed by atoms with Crippen LogP contribution in [0.25, 0.3) is 0 Å². The van der Waals surface area contributed by atoms with Crippen molar-refractivity contribution in [3.05, 3.63) is 50.4 Å². The van der Waals surface area contributed by atoms with Gasteiger partial charge in [0.1, 0.15) is 10.6 Å². The number of hydrogen-bond acceptors (Lipinski definition) is 3. The third-order valence-corrected chi connectivity index (χ3v) is 5.53. The largest absolute Gasteiger partial charge is 0.508 e. The predicted octanol–water partition coefficient (Wildman–Crippen LogP) is 4.57. The normalized spacial score (nSPS) is 11.4. The van der Waals surface area contributed by atoms with Crippen LogP contribution in [0.4, 0.5) is 5.69 Å². The summed E-state index contributed by atoms with van der Waals surface area (Å²) in [4.78, 5) is -0.211. The minimum absolute atomic E-state index is 0.000295. The monoisotopic (exact) mass is 409 g/mol. The van der Waals surface area contributed by atoms with Crippen molar-refractivity contribution in [3.8, 4) is 5.75 Å². The average molecular weight is 411 g/mol. The van der Waals surface area contributed by atoms with E-state index in [1.165, 1.54) is 30.3 Å². The highest BCUT2D eigenvalue weighted by Crippen LogP contribution is 2.35. The second kappa shape index (κ2) is 6.04. The van der Waals surface area contributed by atoms with E-state index in [-0.39, 0.29) is 26.4 Å². The first kappa shape index (κ1) is 16.4. The molecule has 0 fully saturated rings. The number of benzene rings is 2. The Labute approximate surface area is 140 Å². The zero-order chi connectivity index (χ0) is 15.8. The molecule has 4 nitrogen and oxygen atoms in total. The molecule has 0 unspecified atom stereocenters. The first-order chi connectivity index (χ1) is 9.72. The van der Waals surface area contributed by atoms with Gasteiger partial charge in [0, 0.05) is 10.0 Å². The Bertz CT molecular complexity index is 786. The van der Waals surface area contributed by atoms with Crippen LogP contribution in [0.3, 0.4) is 0 Å². The SMILES string of the molecule is Cc1c(O)cccc1NS(=O)(=O)c1c(Cl)cc(Br)cc1Cl. The Morgan fingerprint density at radius 3 is 2.33 bits per heavy atom. The van der Waals surface area contributed by atoms with Crippen molar-refractivity contribution in [3.63, 3.8) is 0 Å². The van der Waals surface area contributed by atoms with Gasteiger partial charge in [-0.15, -0.1) is 0 Å². The highest BCUT2D eigenvalue weighted by atomic mass is 79.9. The summed E-state index contributed by atoms with van der Waals surface area (Å²) in [7, 11) is -3.98. The van der Waals surface area contributed by atoms with Crippen LogP contribution in [0.2, 0.25) is 10.0 Å². The average Bonchev–Trinajstić information content (AvgIpc) is 2.33. The van der Waals surface area contributed by atoms with Gasteiger partial charge in [0.15, 0.2) is 0 Å². The smallest absolute Gasteiger partial charge is 0.264 e. The Kier molecular flexibility index (Phi) is 4.72. The Hall–Kier alpha value is -0.950. The van der Waals surface area contributed by atoms with Crippen LogP contribution in [0.1, 0.15) is 5.56 Å². The molecule has 0 saturated heterocycles. The van der Waals surface area contributed by atoms with Crippen LogP contribution >= 0.6 is 39.1 Å².